The van der Waals surface area contributed by atoms with Crippen LogP contribution in [0.5, 0.6) is 0 Å². The third-order valence-electron chi connectivity index (χ3n) is 11.4. The molecule has 12 rings (SSSR count). The zero-order valence-corrected chi connectivity index (χ0v) is 32.9. The molecule has 0 spiro atoms. The monoisotopic (exact) mass is 812 g/mol. The van der Waals surface area contributed by atoms with Crippen LogP contribution in [-0.4, -0.2) is 33.2 Å². The Morgan fingerprint density at radius 1 is 0.377 bits per heavy atom. The van der Waals surface area contributed by atoms with E-state index >= 15 is 0 Å². The van der Waals surface area contributed by atoms with Crippen LogP contribution in [0.1, 0.15) is 41.4 Å². The van der Waals surface area contributed by atoms with E-state index in [-0.39, 0.29) is 22.3 Å². The maximum absolute atomic E-state index is 12.3. The van der Waals surface area contributed by atoms with E-state index in [9.17, 15) is 19.2 Å². The Morgan fingerprint density at radius 2 is 0.754 bits per heavy atom. The van der Waals surface area contributed by atoms with Crippen LogP contribution < -0.4 is 22.9 Å². The minimum atomic E-state index is -0.659. The summed E-state index contributed by atoms with van der Waals surface area (Å²) in [4.78, 5) is 48.7. The van der Waals surface area contributed by atoms with Crippen molar-refractivity contribution in [1.82, 2.24) is 9.59 Å². The van der Waals surface area contributed by atoms with Gasteiger partial charge < -0.3 is 22.9 Å². The minimum absolute atomic E-state index is 0.161. The first-order valence-electron chi connectivity index (χ1n) is 19.2. The van der Waals surface area contributed by atoms with Gasteiger partial charge in [0.1, 0.15) is 5.52 Å². The van der Waals surface area contributed by atoms with Gasteiger partial charge in [0, 0.05) is 10.8 Å². The molecule has 0 bridgehead atoms. The molecule has 292 valence electrons. The maximum Gasteiger partial charge on any atom is 0.250 e. The molecule has 61 heavy (non-hydrogen) atoms. The molecule has 4 amide bonds. The molecule has 11 heteroatoms. The average molecular weight is 813 g/mol. The summed E-state index contributed by atoms with van der Waals surface area (Å²) in [5.74, 6) is -2.62. The van der Waals surface area contributed by atoms with E-state index in [1.165, 1.54) is 11.5 Å². The number of carbonyl (C=O) groups excluding carboxylic acids is 4. The molecule has 10 nitrogen and oxygen atoms in total. The zero-order valence-electron chi connectivity index (χ0n) is 32.1. The van der Waals surface area contributed by atoms with Gasteiger partial charge in [-0.2, -0.15) is 0 Å². The van der Waals surface area contributed by atoms with Crippen LogP contribution >= 0.6 is 11.5 Å². The Hall–Kier alpha value is -8.28. The fourth-order valence-corrected chi connectivity index (χ4v) is 9.63. The normalized spacial score (nSPS) is 11.5. The van der Waals surface area contributed by atoms with Gasteiger partial charge in [-0.1, -0.05) is 126 Å². The highest BCUT2D eigenvalue weighted by molar-refractivity contribution is 7.12. The molecule has 0 saturated carbocycles. The van der Waals surface area contributed by atoms with Gasteiger partial charge in [0.15, 0.2) is 0 Å². The SMILES string of the molecule is NC(=O)c1cc2cccc3c4cccc5cccc(c(c1C(N)=O)c23)c54.NC(=O)c1cc2cccc3c4cccc5cccc(c(c1C(N)=O)c23)c54.c1ccc2snnc2c1. The lowest BCUT2D eigenvalue weighted by Gasteiger charge is -2.17. The van der Waals surface area contributed by atoms with Crippen LogP contribution in [0.3, 0.4) is 0 Å². The lowest BCUT2D eigenvalue weighted by atomic mass is 9.85. The molecular formula is C50H32N6O4S. The standard InChI is InChI=1S/2C22H14N2O2.C6H4N2S/c2*23-21(25)16-10-12-6-3-8-14-13-7-1-4-11-5-2-9-15(17(11)13)19(18(12)14)20(16)22(24)26;1-2-4-6-5(3-1)7-8-9-6/h2*1-10H,(H2,23,25)(H2,24,26);1-4H. The maximum atomic E-state index is 12.3. The lowest BCUT2D eigenvalue weighted by molar-refractivity contribution is 0.0968. The van der Waals surface area contributed by atoms with Gasteiger partial charge in [0.25, 0.3) is 0 Å². The first-order chi connectivity index (χ1) is 29.6. The summed E-state index contributed by atoms with van der Waals surface area (Å²) in [6, 6.07) is 47.2. The van der Waals surface area contributed by atoms with Crippen molar-refractivity contribution in [2.75, 3.05) is 0 Å². The van der Waals surface area contributed by atoms with Crippen molar-refractivity contribution >= 4 is 132 Å². The second kappa shape index (κ2) is 14.2. The molecule has 0 aliphatic heterocycles. The van der Waals surface area contributed by atoms with Gasteiger partial charge in [-0.15, -0.1) is 5.10 Å². The van der Waals surface area contributed by atoms with E-state index in [0.29, 0.717) is 10.8 Å². The average Bonchev–Trinajstić information content (AvgIpc) is 3.76. The van der Waals surface area contributed by atoms with Crippen molar-refractivity contribution in [3.8, 4) is 0 Å². The van der Waals surface area contributed by atoms with Gasteiger partial charge >= 0.3 is 0 Å². The largest absolute Gasteiger partial charge is 0.366 e. The van der Waals surface area contributed by atoms with Gasteiger partial charge in [-0.25, -0.2) is 0 Å². The second-order valence-electron chi connectivity index (χ2n) is 14.8. The number of carbonyl (C=O) groups is 4. The van der Waals surface area contributed by atoms with Crippen LogP contribution in [0.2, 0.25) is 0 Å². The molecule has 0 saturated heterocycles. The number of primary amides is 4. The van der Waals surface area contributed by atoms with Gasteiger partial charge in [-0.3, -0.25) is 19.2 Å². The highest BCUT2D eigenvalue weighted by atomic mass is 32.1. The van der Waals surface area contributed by atoms with E-state index in [0.717, 1.165) is 85.6 Å². The van der Waals surface area contributed by atoms with Crippen LogP contribution in [0, 0.1) is 0 Å². The summed E-state index contributed by atoms with van der Waals surface area (Å²) in [5, 5.41) is 19.2. The van der Waals surface area contributed by atoms with Crippen LogP contribution in [0.25, 0.3) is 96.4 Å². The summed E-state index contributed by atoms with van der Waals surface area (Å²) >= 11 is 1.43. The Balaban J connectivity index is 0.000000121. The van der Waals surface area contributed by atoms with E-state index in [1.54, 1.807) is 12.1 Å². The second-order valence-corrected chi connectivity index (χ2v) is 15.6. The van der Waals surface area contributed by atoms with Gasteiger partial charge in [-0.05, 0) is 111 Å². The minimum Gasteiger partial charge on any atom is -0.366 e. The van der Waals surface area contributed by atoms with Crippen molar-refractivity contribution in [2.45, 2.75) is 0 Å². The Bertz CT molecular complexity index is 3550. The molecular weight excluding hydrogens is 781 g/mol. The van der Waals surface area contributed by atoms with Crippen molar-refractivity contribution in [3.63, 3.8) is 0 Å². The van der Waals surface area contributed by atoms with E-state index in [4.69, 9.17) is 22.9 Å². The van der Waals surface area contributed by atoms with Crippen LogP contribution in [0.4, 0.5) is 0 Å². The summed E-state index contributed by atoms with van der Waals surface area (Å²) in [7, 11) is 0. The quantitative estimate of drug-likeness (QED) is 0.101. The fourth-order valence-electron chi connectivity index (χ4n) is 9.07. The number of nitrogens with zero attached hydrogens (tertiary/aromatic N) is 2. The number of amides is 4. The predicted octanol–water partition coefficient (Wildman–Crippen LogP) is 9.56. The number of rotatable bonds is 4. The van der Waals surface area contributed by atoms with Crippen molar-refractivity contribution in [3.05, 3.63) is 168 Å². The van der Waals surface area contributed by atoms with Crippen molar-refractivity contribution in [1.29, 1.82) is 0 Å². The fraction of sp³-hybridized carbons (Fsp3) is 0. The molecule has 0 aliphatic carbocycles. The summed E-state index contributed by atoms with van der Waals surface area (Å²) < 4.78 is 4.94. The molecule has 1 heterocycles. The zero-order chi connectivity index (χ0) is 42.1. The highest BCUT2D eigenvalue weighted by Gasteiger charge is 2.24. The summed E-state index contributed by atoms with van der Waals surface area (Å²) in [6.07, 6.45) is 0. The third kappa shape index (κ3) is 5.78. The molecule has 8 N–H and O–H groups in total. The summed E-state index contributed by atoms with van der Waals surface area (Å²) in [6.45, 7) is 0. The van der Waals surface area contributed by atoms with E-state index in [1.807, 2.05) is 121 Å². The molecule has 0 fully saturated rings. The molecule has 1 aromatic heterocycles. The number of fused-ring (bicyclic) bond motifs is 5. The summed E-state index contributed by atoms with van der Waals surface area (Å²) in [5.41, 5.74) is 24.2. The molecule has 12 aromatic rings. The van der Waals surface area contributed by atoms with E-state index in [2.05, 4.69) is 21.7 Å². The smallest absolute Gasteiger partial charge is 0.250 e. The highest BCUT2D eigenvalue weighted by Crippen LogP contribution is 2.44. The first-order valence-corrected chi connectivity index (χ1v) is 20.0. The molecule has 0 atom stereocenters. The predicted molar refractivity (Wildman–Crippen MR) is 247 cm³/mol. The van der Waals surface area contributed by atoms with Crippen LogP contribution in [-0.2, 0) is 0 Å². The van der Waals surface area contributed by atoms with Gasteiger partial charge in [0.05, 0.1) is 27.0 Å². The number of benzene rings is 11. The first kappa shape index (κ1) is 37.0. The molecule has 11 aromatic carbocycles. The number of aromatic nitrogens is 2. The Morgan fingerprint density at radius 3 is 1.15 bits per heavy atom. The number of hydrogen-bond donors (Lipinski definition) is 4. The Labute approximate surface area is 349 Å². The third-order valence-corrected chi connectivity index (χ3v) is 12.1. The lowest BCUT2D eigenvalue weighted by Crippen LogP contribution is -2.21. The molecule has 0 aliphatic rings. The molecule has 0 radical (unpaired) electrons. The van der Waals surface area contributed by atoms with Crippen molar-refractivity contribution < 1.29 is 19.2 Å². The molecule has 0 unspecified atom stereocenters. The van der Waals surface area contributed by atoms with Gasteiger partial charge in [0.2, 0.25) is 23.6 Å². The Kier molecular flexibility index (Phi) is 8.63. The number of nitrogens with two attached hydrogens (primary N) is 4. The number of hydrogen-bond acceptors (Lipinski definition) is 7. The van der Waals surface area contributed by atoms with E-state index < -0.39 is 23.6 Å². The van der Waals surface area contributed by atoms with Crippen molar-refractivity contribution in [2.24, 2.45) is 22.9 Å². The topological polar surface area (TPSA) is 198 Å². The van der Waals surface area contributed by atoms with Crippen LogP contribution in [0.15, 0.2) is 146 Å².